The summed E-state index contributed by atoms with van der Waals surface area (Å²) in [6.07, 6.45) is 0.235. The molecule has 0 saturated carbocycles. The summed E-state index contributed by atoms with van der Waals surface area (Å²) in [6, 6.07) is 0. The van der Waals surface area contributed by atoms with E-state index in [0.717, 1.165) is 0 Å². The average molecular weight is 363 g/mol. The average Bonchev–Trinajstić information content (AvgIpc) is 2.42. The first kappa shape index (κ1) is 19.5. The standard InChI is InChI=1S/C9H24N3O6P3/c13-19(14)7-10-1-2-11(8-20(15)16)5-6-12(4-3-10)9-21(17)18/h19-21H,1-9H2,(H,13,14)(H,15,16)(H,17,18). The molecule has 1 heterocycles. The van der Waals surface area contributed by atoms with Gasteiger partial charge in [-0.05, 0) is 0 Å². The predicted molar refractivity (Wildman–Crippen MR) is 83.0 cm³/mol. The van der Waals surface area contributed by atoms with Gasteiger partial charge < -0.3 is 14.7 Å². The third-order valence-corrected chi connectivity index (χ3v) is 5.43. The topological polar surface area (TPSA) is 122 Å². The van der Waals surface area contributed by atoms with Gasteiger partial charge in [0, 0.05) is 39.3 Å². The van der Waals surface area contributed by atoms with E-state index in [1.165, 1.54) is 0 Å². The molecular weight excluding hydrogens is 339 g/mol. The quantitative estimate of drug-likeness (QED) is 0.520. The highest BCUT2D eigenvalue weighted by atomic mass is 31.1. The van der Waals surface area contributed by atoms with Gasteiger partial charge in [-0.2, -0.15) is 0 Å². The summed E-state index contributed by atoms with van der Waals surface area (Å²) in [7, 11) is -7.87. The lowest BCUT2D eigenvalue weighted by Gasteiger charge is -2.23. The summed E-state index contributed by atoms with van der Waals surface area (Å²) in [5.74, 6) is 0. The number of hydrogen-bond donors (Lipinski definition) is 3. The van der Waals surface area contributed by atoms with Gasteiger partial charge in [0.1, 0.15) is 0 Å². The van der Waals surface area contributed by atoms with E-state index in [9.17, 15) is 13.7 Å². The molecule has 0 bridgehead atoms. The van der Waals surface area contributed by atoms with Crippen molar-refractivity contribution in [2.75, 3.05) is 58.1 Å². The Labute approximate surface area is 126 Å². The third kappa shape index (κ3) is 9.24. The molecule has 126 valence electrons. The Morgan fingerprint density at radius 2 is 0.762 bits per heavy atom. The molecule has 0 aliphatic carbocycles. The maximum absolute atomic E-state index is 11.0. The van der Waals surface area contributed by atoms with Gasteiger partial charge in [-0.25, -0.2) is 0 Å². The van der Waals surface area contributed by atoms with Crippen molar-refractivity contribution >= 4 is 24.1 Å². The summed E-state index contributed by atoms with van der Waals surface area (Å²) in [5, 5.41) is 0. The molecule has 3 atom stereocenters. The molecule has 1 rings (SSSR count). The Morgan fingerprint density at radius 3 is 0.905 bits per heavy atom. The number of hydrogen-bond acceptors (Lipinski definition) is 6. The lowest BCUT2D eigenvalue weighted by atomic mass is 10.5. The Morgan fingerprint density at radius 1 is 0.571 bits per heavy atom. The fraction of sp³-hybridized carbons (Fsp3) is 1.00. The van der Waals surface area contributed by atoms with Crippen LogP contribution in [0.3, 0.4) is 0 Å². The van der Waals surface area contributed by atoms with Crippen LogP contribution in [0.15, 0.2) is 0 Å². The monoisotopic (exact) mass is 363 g/mol. The molecule has 9 nitrogen and oxygen atoms in total. The molecule has 0 aromatic rings. The van der Waals surface area contributed by atoms with Gasteiger partial charge in [-0.3, -0.25) is 28.4 Å². The molecule has 1 fully saturated rings. The van der Waals surface area contributed by atoms with Gasteiger partial charge in [0.05, 0.1) is 18.9 Å². The Hall–Kier alpha value is 0.450. The van der Waals surface area contributed by atoms with Crippen LogP contribution in [0.1, 0.15) is 0 Å². The zero-order valence-electron chi connectivity index (χ0n) is 11.8. The highest BCUT2D eigenvalue weighted by Gasteiger charge is 2.18. The van der Waals surface area contributed by atoms with E-state index in [4.69, 9.17) is 14.7 Å². The van der Waals surface area contributed by atoms with Crippen LogP contribution in [0.25, 0.3) is 0 Å². The van der Waals surface area contributed by atoms with Crippen molar-refractivity contribution in [2.24, 2.45) is 0 Å². The van der Waals surface area contributed by atoms with Crippen molar-refractivity contribution in [1.82, 2.24) is 14.7 Å². The Kier molecular flexibility index (Phi) is 9.53. The lowest BCUT2D eigenvalue weighted by Crippen LogP contribution is -2.35. The fourth-order valence-electron chi connectivity index (χ4n) is 2.23. The van der Waals surface area contributed by atoms with E-state index >= 15 is 0 Å². The summed E-state index contributed by atoms with van der Waals surface area (Å²) < 4.78 is 33.0. The molecule has 0 radical (unpaired) electrons. The first-order valence-electron chi connectivity index (χ1n) is 6.69. The smallest absolute Gasteiger partial charge is 0.202 e. The molecule has 0 aromatic carbocycles. The van der Waals surface area contributed by atoms with Crippen LogP contribution < -0.4 is 0 Å². The van der Waals surface area contributed by atoms with Crippen LogP contribution in [-0.2, 0) is 13.7 Å². The molecule has 1 aliphatic rings. The van der Waals surface area contributed by atoms with Crippen molar-refractivity contribution < 1.29 is 28.4 Å². The molecule has 0 amide bonds. The van der Waals surface area contributed by atoms with Gasteiger partial charge in [0.25, 0.3) is 0 Å². The summed E-state index contributed by atoms with van der Waals surface area (Å²) in [4.78, 5) is 32.6. The number of rotatable bonds is 6. The minimum atomic E-state index is -2.62. The van der Waals surface area contributed by atoms with E-state index in [0.29, 0.717) is 39.3 Å². The summed E-state index contributed by atoms with van der Waals surface area (Å²) in [6.45, 7) is 3.22. The van der Waals surface area contributed by atoms with Crippen molar-refractivity contribution in [3.63, 3.8) is 0 Å². The molecule has 1 aliphatic heterocycles. The van der Waals surface area contributed by atoms with Crippen molar-refractivity contribution in [3.8, 4) is 0 Å². The van der Waals surface area contributed by atoms with Gasteiger partial charge in [-0.1, -0.05) is 0 Å². The SMILES string of the molecule is O=[PH](O)CN1CCN(C[PH](=O)O)CCN(C[PH](=O)O)CC1. The molecule has 1 saturated heterocycles. The minimum absolute atomic E-state index is 0.0783. The molecule has 3 unspecified atom stereocenters. The number of nitrogens with zero attached hydrogens (tertiary/aromatic N) is 3. The van der Waals surface area contributed by atoms with Crippen LogP contribution >= 0.6 is 24.1 Å². The van der Waals surface area contributed by atoms with Crippen LogP contribution in [0.4, 0.5) is 0 Å². The van der Waals surface area contributed by atoms with Crippen LogP contribution in [-0.4, -0.2) is 87.5 Å². The normalized spacial score (nSPS) is 24.7. The molecule has 21 heavy (non-hydrogen) atoms. The van der Waals surface area contributed by atoms with Crippen LogP contribution in [0.5, 0.6) is 0 Å². The van der Waals surface area contributed by atoms with Gasteiger partial charge in [-0.15, -0.1) is 0 Å². The first-order valence-corrected chi connectivity index (χ1v) is 11.4. The molecule has 3 N–H and O–H groups in total. The molecular formula is C9H24N3O6P3. The molecule has 0 aromatic heterocycles. The van der Waals surface area contributed by atoms with E-state index in [1.807, 2.05) is 14.7 Å². The highest BCUT2D eigenvalue weighted by Crippen LogP contribution is 2.20. The van der Waals surface area contributed by atoms with Crippen molar-refractivity contribution in [3.05, 3.63) is 0 Å². The van der Waals surface area contributed by atoms with Crippen molar-refractivity contribution in [2.45, 2.75) is 0 Å². The summed E-state index contributed by atoms with van der Waals surface area (Å²) in [5.41, 5.74) is 0. The zero-order chi connectivity index (χ0) is 15.8. The highest BCUT2D eigenvalue weighted by molar-refractivity contribution is 7.38. The maximum Gasteiger partial charge on any atom is 0.202 e. The first-order chi connectivity index (χ1) is 9.86. The van der Waals surface area contributed by atoms with E-state index < -0.39 is 24.1 Å². The van der Waals surface area contributed by atoms with Gasteiger partial charge in [0.2, 0.25) is 24.1 Å². The largest absolute Gasteiger partial charge is 0.345 e. The van der Waals surface area contributed by atoms with E-state index in [2.05, 4.69) is 0 Å². The fourth-order valence-corrected chi connectivity index (χ4v) is 4.33. The second-order valence-electron chi connectivity index (χ2n) is 5.01. The van der Waals surface area contributed by atoms with Crippen LogP contribution in [0.2, 0.25) is 0 Å². The van der Waals surface area contributed by atoms with Gasteiger partial charge >= 0.3 is 0 Å². The van der Waals surface area contributed by atoms with Crippen LogP contribution in [0, 0.1) is 0 Å². The van der Waals surface area contributed by atoms with Crippen molar-refractivity contribution in [1.29, 1.82) is 0 Å². The third-order valence-electron chi connectivity index (χ3n) is 3.27. The van der Waals surface area contributed by atoms with E-state index in [-0.39, 0.29) is 18.9 Å². The predicted octanol–water partition coefficient (Wildman–Crippen LogP) is -0.821. The van der Waals surface area contributed by atoms with Gasteiger partial charge in [0.15, 0.2) is 0 Å². The molecule has 0 spiro atoms. The second kappa shape index (κ2) is 10.3. The Bertz CT molecular complexity index is 330. The van der Waals surface area contributed by atoms with E-state index in [1.54, 1.807) is 0 Å². The second-order valence-corrected chi connectivity index (χ2v) is 8.32. The zero-order valence-corrected chi connectivity index (χ0v) is 14.8. The lowest BCUT2D eigenvalue weighted by molar-refractivity contribution is 0.252. The Balaban J connectivity index is 2.68. The molecule has 12 heteroatoms. The minimum Gasteiger partial charge on any atom is -0.345 e. The maximum atomic E-state index is 11.0. The summed E-state index contributed by atoms with van der Waals surface area (Å²) >= 11 is 0.